The van der Waals surface area contributed by atoms with E-state index in [1.807, 2.05) is 20.8 Å². The molecule has 6 heteroatoms. The molecular weight excluding hydrogens is 232 g/mol. The summed E-state index contributed by atoms with van der Waals surface area (Å²) < 4.78 is 3.29. The predicted octanol–water partition coefficient (Wildman–Crippen LogP) is 1.74. The highest BCUT2D eigenvalue weighted by Crippen LogP contribution is 2.24. The molecule has 0 atom stereocenters. The van der Waals surface area contributed by atoms with Crippen LogP contribution < -0.4 is 0 Å². The molecule has 0 saturated heterocycles. The van der Waals surface area contributed by atoms with Gasteiger partial charge in [0.2, 0.25) is 0 Å². The van der Waals surface area contributed by atoms with Crippen LogP contribution in [0.5, 0.6) is 0 Å². The lowest BCUT2D eigenvalue weighted by Gasteiger charge is -2.18. The lowest BCUT2D eigenvalue weighted by atomic mass is 10.1. The first kappa shape index (κ1) is 12.3. The van der Waals surface area contributed by atoms with Gasteiger partial charge in [-0.05, 0) is 20.8 Å². The number of aromatic nitrogens is 4. The number of aryl methyl sites for hydroxylation is 1. The lowest BCUT2D eigenvalue weighted by molar-refractivity contribution is 0.0697. The van der Waals surface area contributed by atoms with Gasteiger partial charge in [-0.15, -0.1) is 0 Å². The van der Waals surface area contributed by atoms with Crippen molar-refractivity contribution in [3.8, 4) is 11.3 Å². The molecule has 0 bridgehead atoms. The molecule has 0 saturated carbocycles. The van der Waals surface area contributed by atoms with Gasteiger partial charge in [-0.1, -0.05) is 0 Å². The monoisotopic (exact) mass is 248 g/mol. The van der Waals surface area contributed by atoms with E-state index in [0.29, 0.717) is 11.3 Å². The van der Waals surface area contributed by atoms with Crippen LogP contribution in [0.4, 0.5) is 0 Å². The molecule has 18 heavy (non-hydrogen) atoms. The van der Waals surface area contributed by atoms with Crippen molar-refractivity contribution in [2.75, 3.05) is 0 Å². The number of aromatic carboxylic acids is 1. The summed E-state index contributed by atoms with van der Waals surface area (Å²) in [6, 6.07) is 0. The third-order valence-corrected chi connectivity index (χ3v) is 2.61. The Morgan fingerprint density at radius 1 is 1.33 bits per heavy atom. The SMILES string of the molecule is Cn1cc(-c2nn(C(C)(C)C)cc2C(=O)O)cn1. The molecule has 2 rings (SSSR count). The van der Waals surface area contributed by atoms with Gasteiger partial charge in [-0.2, -0.15) is 10.2 Å². The summed E-state index contributed by atoms with van der Waals surface area (Å²) in [5.41, 5.74) is 1.09. The van der Waals surface area contributed by atoms with Crippen LogP contribution in [-0.2, 0) is 12.6 Å². The maximum absolute atomic E-state index is 11.3. The number of nitrogens with zero attached hydrogens (tertiary/aromatic N) is 4. The van der Waals surface area contributed by atoms with Crippen molar-refractivity contribution in [2.45, 2.75) is 26.3 Å². The van der Waals surface area contributed by atoms with Gasteiger partial charge in [0.25, 0.3) is 0 Å². The molecular formula is C12H16N4O2. The van der Waals surface area contributed by atoms with E-state index < -0.39 is 5.97 Å². The summed E-state index contributed by atoms with van der Waals surface area (Å²) in [5.74, 6) is -0.982. The standard InChI is InChI=1S/C12H16N4O2/c1-12(2,3)16-7-9(11(17)18)10(14-16)8-5-13-15(4)6-8/h5-7H,1-4H3,(H,17,18). The minimum atomic E-state index is -0.982. The summed E-state index contributed by atoms with van der Waals surface area (Å²) in [7, 11) is 1.78. The molecule has 0 aliphatic rings. The van der Waals surface area contributed by atoms with Crippen molar-refractivity contribution in [1.29, 1.82) is 0 Å². The van der Waals surface area contributed by atoms with Gasteiger partial charge in [-0.3, -0.25) is 9.36 Å². The molecule has 0 spiro atoms. The van der Waals surface area contributed by atoms with Gasteiger partial charge in [0.15, 0.2) is 0 Å². The van der Waals surface area contributed by atoms with Crippen LogP contribution in [-0.4, -0.2) is 30.6 Å². The van der Waals surface area contributed by atoms with Gasteiger partial charge < -0.3 is 5.11 Å². The minimum absolute atomic E-state index is 0.193. The Kier molecular flexibility index (Phi) is 2.73. The largest absolute Gasteiger partial charge is 0.478 e. The molecule has 0 unspecified atom stereocenters. The van der Waals surface area contributed by atoms with E-state index in [4.69, 9.17) is 0 Å². The molecule has 2 aromatic rings. The molecule has 2 aromatic heterocycles. The molecule has 0 fully saturated rings. The Morgan fingerprint density at radius 2 is 2.00 bits per heavy atom. The average molecular weight is 248 g/mol. The maximum atomic E-state index is 11.3. The smallest absolute Gasteiger partial charge is 0.339 e. The Morgan fingerprint density at radius 3 is 2.44 bits per heavy atom. The first-order chi connectivity index (χ1) is 8.29. The van der Waals surface area contributed by atoms with E-state index in [1.54, 1.807) is 35.0 Å². The molecule has 2 heterocycles. The topological polar surface area (TPSA) is 72.9 Å². The fourth-order valence-electron chi connectivity index (χ4n) is 1.63. The van der Waals surface area contributed by atoms with Gasteiger partial charge >= 0.3 is 5.97 Å². The van der Waals surface area contributed by atoms with Gasteiger partial charge in [0, 0.05) is 25.0 Å². The van der Waals surface area contributed by atoms with Crippen molar-refractivity contribution in [3.05, 3.63) is 24.2 Å². The predicted molar refractivity (Wildman–Crippen MR) is 66.4 cm³/mol. The third kappa shape index (κ3) is 2.13. The van der Waals surface area contributed by atoms with Crippen LogP contribution in [0.2, 0.25) is 0 Å². The summed E-state index contributed by atoms with van der Waals surface area (Å²) in [4.78, 5) is 11.3. The van der Waals surface area contributed by atoms with Gasteiger partial charge in [0.05, 0.1) is 11.7 Å². The number of hydrogen-bond donors (Lipinski definition) is 1. The molecule has 0 amide bonds. The second kappa shape index (κ2) is 3.97. The molecule has 1 N–H and O–H groups in total. The first-order valence-corrected chi connectivity index (χ1v) is 5.61. The van der Waals surface area contributed by atoms with E-state index in [1.165, 1.54) is 0 Å². The van der Waals surface area contributed by atoms with Crippen LogP contribution in [0.3, 0.4) is 0 Å². The van der Waals surface area contributed by atoms with Crippen LogP contribution in [0, 0.1) is 0 Å². The van der Waals surface area contributed by atoms with Crippen molar-refractivity contribution in [3.63, 3.8) is 0 Å². The van der Waals surface area contributed by atoms with E-state index >= 15 is 0 Å². The molecule has 0 aromatic carbocycles. The molecule has 0 radical (unpaired) electrons. The highest BCUT2D eigenvalue weighted by Gasteiger charge is 2.22. The van der Waals surface area contributed by atoms with Crippen molar-refractivity contribution >= 4 is 5.97 Å². The van der Waals surface area contributed by atoms with E-state index in [2.05, 4.69) is 10.2 Å². The van der Waals surface area contributed by atoms with Crippen molar-refractivity contribution in [1.82, 2.24) is 19.6 Å². The van der Waals surface area contributed by atoms with E-state index in [-0.39, 0.29) is 11.1 Å². The number of carboxylic acid groups (broad SMARTS) is 1. The normalized spacial score (nSPS) is 11.8. The highest BCUT2D eigenvalue weighted by molar-refractivity contribution is 5.94. The highest BCUT2D eigenvalue weighted by atomic mass is 16.4. The Labute approximate surface area is 105 Å². The fourth-order valence-corrected chi connectivity index (χ4v) is 1.63. The zero-order valence-corrected chi connectivity index (χ0v) is 10.9. The Hall–Kier alpha value is -2.11. The van der Waals surface area contributed by atoms with Crippen LogP contribution in [0.25, 0.3) is 11.3 Å². The lowest BCUT2D eigenvalue weighted by Crippen LogP contribution is -2.22. The van der Waals surface area contributed by atoms with Crippen molar-refractivity contribution in [2.24, 2.45) is 7.05 Å². The summed E-state index contributed by atoms with van der Waals surface area (Å²) in [6.07, 6.45) is 4.92. The molecule has 0 aliphatic heterocycles. The third-order valence-electron chi connectivity index (χ3n) is 2.61. The quantitative estimate of drug-likeness (QED) is 0.878. The van der Waals surface area contributed by atoms with Crippen molar-refractivity contribution < 1.29 is 9.90 Å². The minimum Gasteiger partial charge on any atom is -0.478 e. The number of carbonyl (C=O) groups is 1. The fraction of sp³-hybridized carbons (Fsp3) is 0.417. The Bertz CT molecular complexity index is 589. The number of hydrogen-bond acceptors (Lipinski definition) is 3. The summed E-state index contributed by atoms with van der Waals surface area (Å²) in [6.45, 7) is 5.91. The second-order valence-corrected chi connectivity index (χ2v) is 5.21. The first-order valence-electron chi connectivity index (χ1n) is 5.61. The van der Waals surface area contributed by atoms with Crippen LogP contribution >= 0.6 is 0 Å². The summed E-state index contributed by atoms with van der Waals surface area (Å²) >= 11 is 0. The zero-order valence-electron chi connectivity index (χ0n) is 10.9. The molecule has 0 aliphatic carbocycles. The van der Waals surface area contributed by atoms with Crippen LogP contribution in [0.15, 0.2) is 18.6 Å². The van der Waals surface area contributed by atoms with Gasteiger partial charge in [-0.25, -0.2) is 4.79 Å². The maximum Gasteiger partial charge on any atom is 0.339 e. The molecule has 96 valence electrons. The van der Waals surface area contributed by atoms with Gasteiger partial charge in [0.1, 0.15) is 11.3 Å². The number of carboxylic acids is 1. The second-order valence-electron chi connectivity index (χ2n) is 5.21. The van der Waals surface area contributed by atoms with E-state index in [9.17, 15) is 9.90 Å². The zero-order chi connectivity index (χ0) is 13.5. The summed E-state index contributed by atoms with van der Waals surface area (Å²) in [5, 5.41) is 17.6. The van der Waals surface area contributed by atoms with E-state index in [0.717, 1.165) is 0 Å². The number of rotatable bonds is 2. The Balaban J connectivity index is 2.59. The molecule has 6 nitrogen and oxygen atoms in total. The average Bonchev–Trinajstić information content (AvgIpc) is 2.81. The van der Waals surface area contributed by atoms with Crippen LogP contribution in [0.1, 0.15) is 31.1 Å².